The topological polar surface area (TPSA) is 176 Å². The third-order valence-corrected chi connectivity index (χ3v) is 8.43. The summed E-state index contributed by atoms with van der Waals surface area (Å²) in [6.07, 6.45) is -1.65. The average molecular weight is 687 g/mol. The Morgan fingerprint density at radius 2 is 1.72 bits per heavy atom. The summed E-state index contributed by atoms with van der Waals surface area (Å²) in [7, 11) is 1.52. The van der Waals surface area contributed by atoms with Crippen molar-refractivity contribution < 1.29 is 38.9 Å². The molecule has 3 N–H and O–H groups in total. The predicted octanol–water partition coefficient (Wildman–Crippen LogP) is 5.39. The van der Waals surface area contributed by atoms with Gasteiger partial charge < -0.3 is 29.6 Å². The van der Waals surface area contributed by atoms with Crippen molar-refractivity contribution in [3.63, 3.8) is 0 Å². The third kappa shape index (κ3) is 8.31. The van der Waals surface area contributed by atoms with Crippen molar-refractivity contribution >= 4 is 41.0 Å². The number of nitrogens with one attached hydrogen (secondary N) is 1. The molecule has 3 atom stereocenters. The Morgan fingerprint density at radius 1 is 1.00 bits per heavy atom. The number of benzene rings is 2. The van der Waals surface area contributed by atoms with E-state index in [0.717, 1.165) is 21.5 Å². The van der Waals surface area contributed by atoms with E-state index in [1.807, 2.05) is 72.2 Å². The van der Waals surface area contributed by atoms with Gasteiger partial charge in [-0.15, -0.1) is 0 Å². The van der Waals surface area contributed by atoms with Crippen molar-refractivity contribution in [2.45, 2.75) is 77.4 Å². The number of likely N-dealkylation sites (tertiary alicyclic amines) is 1. The molecule has 2 aromatic heterocycles. The maximum absolute atomic E-state index is 13.5. The van der Waals surface area contributed by atoms with E-state index >= 15 is 0 Å². The van der Waals surface area contributed by atoms with Crippen LogP contribution in [0.5, 0.6) is 0 Å². The van der Waals surface area contributed by atoms with Gasteiger partial charge in [-0.25, -0.2) is 29.1 Å². The molecule has 264 valence electrons. The van der Waals surface area contributed by atoms with Gasteiger partial charge in [-0.1, -0.05) is 48.5 Å². The number of hydrogen-bond acceptors (Lipinski definition) is 9. The predicted molar refractivity (Wildman–Crippen MR) is 185 cm³/mol. The lowest BCUT2D eigenvalue weighted by molar-refractivity contribution is -0.160. The Hall–Kier alpha value is -5.66. The second kappa shape index (κ2) is 14.8. The highest BCUT2D eigenvalue weighted by Crippen LogP contribution is 2.31. The molecule has 14 heteroatoms. The number of pyridine rings is 1. The minimum atomic E-state index is -1.29. The summed E-state index contributed by atoms with van der Waals surface area (Å²) < 4.78 is 13.2. The number of hydrogen-bond donors (Lipinski definition) is 3. The van der Waals surface area contributed by atoms with E-state index in [0.29, 0.717) is 29.4 Å². The number of esters is 1. The van der Waals surface area contributed by atoms with Crippen LogP contribution < -0.4 is 5.32 Å². The van der Waals surface area contributed by atoms with Crippen LogP contribution in [0.1, 0.15) is 45.0 Å². The summed E-state index contributed by atoms with van der Waals surface area (Å²) in [4.78, 5) is 61.7. The maximum Gasteiger partial charge on any atom is 0.410 e. The van der Waals surface area contributed by atoms with Crippen LogP contribution >= 0.6 is 0 Å². The van der Waals surface area contributed by atoms with Crippen molar-refractivity contribution in [3.8, 4) is 11.3 Å². The summed E-state index contributed by atoms with van der Waals surface area (Å²) in [6.45, 7) is 7.54. The van der Waals surface area contributed by atoms with E-state index in [2.05, 4.69) is 5.32 Å². The zero-order valence-corrected chi connectivity index (χ0v) is 28.7. The number of carbonyl (C=O) groups is 4. The van der Waals surface area contributed by atoms with Gasteiger partial charge in [0.05, 0.1) is 16.7 Å². The highest BCUT2D eigenvalue weighted by atomic mass is 16.6. The van der Waals surface area contributed by atoms with Crippen molar-refractivity contribution in [1.82, 2.24) is 24.3 Å². The third-order valence-electron chi connectivity index (χ3n) is 8.43. The zero-order chi connectivity index (χ0) is 36.2. The summed E-state index contributed by atoms with van der Waals surface area (Å²) in [5.74, 6) is -0.599. The second-order valence-electron chi connectivity index (χ2n) is 13.2. The number of carboxylic acids is 1. The SMILES string of the molecule is Cc1nc2cccc(-c3cccc(N[C@H]4C[C@@H](C(=O)O)N(C(=O)O)C4)n3)c2n1CCC(C(=O)OC(C)(C)C)N(C)C(=O)OCc1ccccc1. The fraction of sp³-hybridized carbons (Fsp3) is 0.389. The van der Waals surface area contributed by atoms with E-state index in [4.69, 9.17) is 19.4 Å². The van der Waals surface area contributed by atoms with Crippen LogP contribution in [0.4, 0.5) is 15.4 Å². The molecule has 1 aliphatic rings. The quantitative estimate of drug-likeness (QED) is 0.172. The number of likely N-dealkylation sites (N-methyl/N-ethyl adjacent to an activating group) is 1. The lowest BCUT2D eigenvalue weighted by Gasteiger charge is -2.29. The lowest BCUT2D eigenvalue weighted by Crippen LogP contribution is -2.46. The molecule has 0 spiro atoms. The van der Waals surface area contributed by atoms with Crippen LogP contribution in [0, 0.1) is 6.92 Å². The van der Waals surface area contributed by atoms with E-state index < -0.39 is 47.9 Å². The number of carbonyl (C=O) groups excluding carboxylic acids is 2. The van der Waals surface area contributed by atoms with Crippen molar-refractivity contribution in [3.05, 3.63) is 78.1 Å². The van der Waals surface area contributed by atoms with Crippen molar-refractivity contribution in [2.24, 2.45) is 0 Å². The normalized spacial score (nSPS) is 16.5. The first-order valence-corrected chi connectivity index (χ1v) is 16.3. The van der Waals surface area contributed by atoms with Crippen LogP contribution in [-0.2, 0) is 32.2 Å². The minimum absolute atomic E-state index is 0.00676. The molecule has 1 fully saturated rings. The number of anilines is 1. The van der Waals surface area contributed by atoms with Crippen LogP contribution in [0.15, 0.2) is 66.7 Å². The van der Waals surface area contributed by atoms with Crippen molar-refractivity contribution in [2.75, 3.05) is 18.9 Å². The molecular formula is C36H42N6O8. The number of ether oxygens (including phenoxy) is 2. The number of aromatic nitrogens is 3. The molecule has 0 radical (unpaired) electrons. The number of carboxylic acid groups (broad SMARTS) is 2. The van der Waals surface area contributed by atoms with Crippen LogP contribution in [0.3, 0.4) is 0 Å². The molecule has 2 amide bonds. The zero-order valence-electron chi connectivity index (χ0n) is 28.7. The molecule has 0 saturated carbocycles. The van der Waals surface area contributed by atoms with Gasteiger partial charge in [-0.2, -0.15) is 0 Å². The van der Waals surface area contributed by atoms with Gasteiger partial charge in [0.15, 0.2) is 0 Å². The first-order valence-electron chi connectivity index (χ1n) is 16.3. The molecule has 3 heterocycles. The molecule has 0 aliphatic carbocycles. The monoisotopic (exact) mass is 686 g/mol. The largest absolute Gasteiger partial charge is 0.480 e. The molecule has 50 heavy (non-hydrogen) atoms. The van der Waals surface area contributed by atoms with Crippen LogP contribution in [0.2, 0.25) is 0 Å². The first kappa shape index (κ1) is 35.6. The number of aliphatic carboxylic acids is 1. The standard InChI is InChI=1S/C36H42N6O8/c1-22-37-27-15-9-13-25(26-14-10-16-30(39-26)38-24-19-29(32(43)44)42(20-24)34(46)47)31(27)41(22)18-17-28(33(45)50-36(2,3)4)40(5)35(48)49-21-23-11-7-6-8-12-23/h6-16,24,28-29H,17-21H2,1-5H3,(H,38,39)(H,43,44)(H,46,47)/t24-,28?,29-/m0/s1. The molecule has 1 unspecified atom stereocenters. The van der Waals surface area contributed by atoms with Gasteiger partial charge in [-0.05, 0) is 57.9 Å². The Balaban J connectivity index is 1.39. The summed E-state index contributed by atoms with van der Waals surface area (Å²) in [5.41, 5.74) is 2.89. The number of nitrogens with zero attached hydrogens (tertiary/aromatic N) is 5. The van der Waals surface area contributed by atoms with E-state index in [1.54, 1.807) is 26.8 Å². The minimum Gasteiger partial charge on any atom is -0.480 e. The molecule has 14 nitrogen and oxygen atoms in total. The Kier molecular flexibility index (Phi) is 10.6. The van der Waals surface area contributed by atoms with E-state index in [1.165, 1.54) is 11.9 Å². The summed E-state index contributed by atoms with van der Waals surface area (Å²) in [5, 5.41) is 22.2. The molecule has 4 aromatic rings. The molecule has 1 aliphatic heterocycles. The van der Waals surface area contributed by atoms with E-state index in [9.17, 15) is 29.4 Å². The number of aryl methyl sites for hydroxylation is 2. The maximum atomic E-state index is 13.5. The molecule has 2 aromatic carbocycles. The van der Waals surface area contributed by atoms with Gasteiger partial charge in [-0.3, -0.25) is 9.80 Å². The van der Waals surface area contributed by atoms with Gasteiger partial charge in [0.1, 0.15) is 35.9 Å². The summed E-state index contributed by atoms with van der Waals surface area (Å²) in [6, 6.07) is 17.8. The van der Waals surface area contributed by atoms with E-state index in [-0.39, 0.29) is 26.0 Å². The number of amides is 2. The number of rotatable bonds is 11. The number of imidazole rings is 1. The molecule has 5 rings (SSSR count). The highest BCUT2D eigenvalue weighted by molar-refractivity contribution is 5.92. The fourth-order valence-corrected chi connectivity index (χ4v) is 6.08. The Labute approximate surface area is 289 Å². The Bertz CT molecular complexity index is 1850. The first-order chi connectivity index (χ1) is 23.7. The molecule has 1 saturated heterocycles. The van der Waals surface area contributed by atoms with Gasteiger partial charge >= 0.3 is 24.1 Å². The van der Waals surface area contributed by atoms with Crippen LogP contribution in [-0.4, -0.2) is 96.0 Å². The average Bonchev–Trinajstić information content (AvgIpc) is 3.64. The molecule has 0 bridgehead atoms. The molecular weight excluding hydrogens is 644 g/mol. The number of fused-ring (bicyclic) bond motifs is 1. The van der Waals surface area contributed by atoms with Crippen LogP contribution in [0.25, 0.3) is 22.3 Å². The Morgan fingerprint density at radius 3 is 2.38 bits per heavy atom. The second-order valence-corrected chi connectivity index (χ2v) is 13.2. The van der Waals surface area contributed by atoms with Gasteiger partial charge in [0.25, 0.3) is 0 Å². The smallest absolute Gasteiger partial charge is 0.410 e. The summed E-state index contributed by atoms with van der Waals surface area (Å²) >= 11 is 0. The highest BCUT2D eigenvalue weighted by Gasteiger charge is 2.40. The fourth-order valence-electron chi connectivity index (χ4n) is 6.08. The lowest BCUT2D eigenvalue weighted by atomic mass is 10.1. The van der Waals surface area contributed by atoms with Crippen molar-refractivity contribution in [1.29, 1.82) is 0 Å². The number of para-hydroxylation sites is 1. The van der Waals surface area contributed by atoms with Gasteiger partial charge in [0, 0.05) is 38.2 Å². The van der Waals surface area contributed by atoms with Gasteiger partial charge in [0.2, 0.25) is 0 Å².